The number of hydrogen-bond donors (Lipinski definition) is 1. The molecule has 3 heteroatoms. The van der Waals surface area contributed by atoms with Crippen molar-refractivity contribution in [2.24, 2.45) is 5.73 Å². The summed E-state index contributed by atoms with van der Waals surface area (Å²) in [7, 11) is 0. The Morgan fingerprint density at radius 2 is 2.08 bits per heavy atom. The lowest BCUT2D eigenvalue weighted by Gasteiger charge is -2.24. The van der Waals surface area contributed by atoms with Gasteiger partial charge in [0.25, 0.3) is 0 Å². The van der Waals surface area contributed by atoms with E-state index in [1.54, 1.807) is 11.3 Å². The molecule has 0 aliphatic heterocycles. The molecule has 1 fully saturated rings. The van der Waals surface area contributed by atoms with Crippen molar-refractivity contribution in [1.82, 2.24) is 4.98 Å². The summed E-state index contributed by atoms with van der Waals surface area (Å²) >= 11 is 1.76. The quantitative estimate of drug-likeness (QED) is 0.749. The molecule has 0 amide bonds. The summed E-state index contributed by atoms with van der Waals surface area (Å²) in [6.45, 7) is 2.07. The zero-order chi connectivity index (χ0) is 9.26. The van der Waals surface area contributed by atoms with E-state index in [9.17, 15) is 0 Å². The highest BCUT2D eigenvalue weighted by molar-refractivity contribution is 7.09. The highest BCUT2D eigenvalue weighted by Gasteiger charge is 2.21. The van der Waals surface area contributed by atoms with Crippen LogP contribution in [0.2, 0.25) is 0 Å². The standard InChI is InChI=1S/C10H16N2S/c1-7-12-10(6-13-7)8-2-4-9(11)5-3-8/h6,8-9H,2-5,11H2,1H3. The third-order valence-electron chi connectivity index (χ3n) is 2.83. The summed E-state index contributed by atoms with van der Waals surface area (Å²) in [5, 5.41) is 3.39. The van der Waals surface area contributed by atoms with Gasteiger partial charge in [0, 0.05) is 17.3 Å². The maximum Gasteiger partial charge on any atom is 0.0897 e. The first kappa shape index (κ1) is 9.16. The van der Waals surface area contributed by atoms with Crippen molar-refractivity contribution in [3.05, 3.63) is 16.1 Å². The van der Waals surface area contributed by atoms with E-state index in [-0.39, 0.29) is 0 Å². The minimum absolute atomic E-state index is 0.441. The minimum atomic E-state index is 0.441. The third kappa shape index (κ3) is 2.09. The fourth-order valence-electron chi connectivity index (χ4n) is 1.98. The molecule has 1 aromatic rings. The summed E-state index contributed by atoms with van der Waals surface area (Å²) in [6, 6.07) is 0.441. The Balaban J connectivity index is 2.02. The van der Waals surface area contributed by atoms with Gasteiger partial charge in [-0.2, -0.15) is 0 Å². The van der Waals surface area contributed by atoms with Gasteiger partial charge in [-0.3, -0.25) is 0 Å². The van der Waals surface area contributed by atoms with E-state index in [0.29, 0.717) is 12.0 Å². The summed E-state index contributed by atoms with van der Waals surface area (Å²) in [5.74, 6) is 0.685. The van der Waals surface area contributed by atoms with Crippen molar-refractivity contribution in [2.75, 3.05) is 0 Å². The van der Waals surface area contributed by atoms with Crippen LogP contribution in [-0.2, 0) is 0 Å². The van der Waals surface area contributed by atoms with Crippen LogP contribution < -0.4 is 5.73 Å². The molecule has 0 aromatic carbocycles. The number of aromatic nitrogens is 1. The molecule has 2 N–H and O–H groups in total. The van der Waals surface area contributed by atoms with Gasteiger partial charge in [-0.25, -0.2) is 4.98 Å². The molecule has 1 heterocycles. The van der Waals surface area contributed by atoms with Crippen molar-refractivity contribution >= 4 is 11.3 Å². The Morgan fingerprint density at radius 3 is 2.62 bits per heavy atom. The SMILES string of the molecule is Cc1nc(C2CCC(N)CC2)cs1. The topological polar surface area (TPSA) is 38.9 Å². The number of hydrogen-bond acceptors (Lipinski definition) is 3. The first-order valence-electron chi connectivity index (χ1n) is 4.93. The van der Waals surface area contributed by atoms with E-state index in [4.69, 9.17) is 5.73 Å². The average Bonchev–Trinajstić information content (AvgIpc) is 2.53. The molecule has 0 saturated heterocycles. The predicted molar refractivity (Wildman–Crippen MR) is 56.0 cm³/mol. The van der Waals surface area contributed by atoms with Crippen molar-refractivity contribution in [1.29, 1.82) is 0 Å². The normalized spacial score (nSPS) is 29.1. The van der Waals surface area contributed by atoms with E-state index in [0.717, 1.165) is 0 Å². The molecular formula is C10H16N2S. The van der Waals surface area contributed by atoms with Crippen molar-refractivity contribution < 1.29 is 0 Å². The number of rotatable bonds is 1. The van der Waals surface area contributed by atoms with Crippen LogP contribution in [0.5, 0.6) is 0 Å². The summed E-state index contributed by atoms with van der Waals surface area (Å²) < 4.78 is 0. The largest absolute Gasteiger partial charge is 0.328 e. The summed E-state index contributed by atoms with van der Waals surface area (Å²) in [5.41, 5.74) is 7.16. The van der Waals surface area contributed by atoms with E-state index < -0.39 is 0 Å². The Kier molecular flexibility index (Phi) is 2.65. The van der Waals surface area contributed by atoms with Crippen LogP contribution in [-0.4, -0.2) is 11.0 Å². The van der Waals surface area contributed by atoms with Gasteiger partial charge >= 0.3 is 0 Å². The molecule has 0 bridgehead atoms. The van der Waals surface area contributed by atoms with Gasteiger partial charge in [-0.05, 0) is 32.6 Å². The van der Waals surface area contributed by atoms with Crippen LogP contribution in [0, 0.1) is 6.92 Å². The minimum Gasteiger partial charge on any atom is -0.328 e. The average molecular weight is 196 g/mol. The Labute approximate surface area is 83.2 Å². The molecule has 1 aliphatic rings. The Morgan fingerprint density at radius 1 is 1.38 bits per heavy atom. The molecule has 13 heavy (non-hydrogen) atoms. The Hall–Kier alpha value is -0.410. The number of nitrogens with two attached hydrogens (primary N) is 1. The zero-order valence-electron chi connectivity index (χ0n) is 7.99. The highest BCUT2D eigenvalue weighted by Crippen LogP contribution is 2.32. The van der Waals surface area contributed by atoms with Gasteiger partial charge in [0.1, 0.15) is 0 Å². The van der Waals surface area contributed by atoms with Crippen LogP contribution in [0.15, 0.2) is 5.38 Å². The molecule has 1 saturated carbocycles. The molecule has 2 rings (SSSR count). The Bertz CT molecular complexity index is 274. The van der Waals surface area contributed by atoms with Crippen LogP contribution in [0.3, 0.4) is 0 Å². The van der Waals surface area contributed by atoms with Gasteiger partial charge in [0.2, 0.25) is 0 Å². The van der Waals surface area contributed by atoms with Gasteiger partial charge in [0.05, 0.1) is 10.7 Å². The van der Waals surface area contributed by atoms with Crippen molar-refractivity contribution in [2.45, 2.75) is 44.6 Å². The summed E-state index contributed by atoms with van der Waals surface area (Å²) in [4.78, 5) is 4.54. The smallest absolute Gasteiger partial charge is 0.0897 e. The zero-order valence-corrected chi connectivity index (χ0v) is 8.81. The van der Waals surface area contributed by atoms with Crippen LogP contribution in [0.4, 0.5) is 0 Å². The highest BCUT2D eigenvalue weighted by atomic mass is 32.1. The second-order valence-corrected chi connectivity index (χ2v) is 4.97. The van der Waals surface area contributed by atoms with E-state index in [2.05, 4.69) is 17.3 Å². The number of nitrogens with zero attached hydrogens (tertiary/aromatic N) is 1. The molecule has 1 aromatic heterocycles. The molecule has 0 unspecified atom stereocenters. The molecule has 0 atom stereocenters. The summed E-state index contributed by atoms with van der Waals surface area (Å²) in [6.07, 6.45) is 4.79. The third-order valence-corrected chi connectivity index (χ3v) is 3.62. The molecule has 72 valence electrons. The molecule has 2 nitrogen and oxygen atoms in total. The predicted octanol–water partition coefficient (Wildman–Crippen LogP) is 2.44. The van der Waals surface area contributed by atoms with E-state index in [1.165, 1.54) is 36.4 Å². The lowest BCUT2D eigenvalue weighted by Crippen LogP contribution is -2.25. The molecule has 0 spiro atoms. The monoisotopic (exact) mass is 196 g/mol. The molecular weight excluding hydrogens is 180 g/mol. The lowest BCUT2D eigenvalue weighted by molar-refractivity contribution is 0.391. The van der Waals surface area contributed by atoms with E-state index in [1.807, 2.05) is 0 Å². The number of aryl methyl sites for hydroxylation is 1. The molecule has 0 radical (unpaired) electrons. The van der Waals surface area contributed by atoms with Crippen LogP contribution in [0.25, 0.3) is 0 Å². The first-order chi connectivity index (χ1) is 6.25. The van der Waals surface area contributed by atoms with Gasteiger partial charge in [0.15, 0.2) is 0 Å². The van der Waals surface area contributed by atoms with Gasteiger partial charge in [-0.1, -0.05) is 0 Å². The second kappa shape index (κ2) is 3.76. The van der Waals surface area contributed by atoms with E-state index >= 15 is 0 Å². The fourth-order valence-corrected chi connectivity index (χ4v) is 2.68. The van der Waals surface area contributed by atoms with Gasteiger partial charge in [-0.15, -0.1) is 11.3 Å². The van der Waals surface area contributed by atoms with Gasteiger partial charge < -0.3 is 5.73 Å². The fraction of sp³-hybridized carbons (Fsp3) is 0.700. The first-order valence-corrected chi connectivity index (χ1v) is 5.81. The van der Waals surface area contributed by atoms with Crippen LogP contribution in [0.1, 0.15) is 42.3 Å². The maximum absolute atomic E-state index is 5.86. The second-order valence-electron chi connectivity index (χ2n) is 3.90. The number of thiazole rings is 1. The van der Waals surface area contributed by atoms with Crippen molar-refractivity contribution in [3.63, 3.8) is 0 Å². The lowest BCUT2D eigenvalue weighted by atomic mass is 9.85. The van der Waals surface area contributed by atoms with Crippen LogP contribution >= 0.6 is 11.3 Å². The molecule has 1 aliphatic carbocycles. The van der Waals surface area contributed by atoms with Crippen molar-refractivity contribution in [3.8, 4) is 0 Å². The maximum atomic E-state index is 5.86.